The molecule has 1 fully saturated rings. The Bertz CT molecular complexity index is 1130. The highest BCUT2D eigenvalue weighted by molar-refractivity contribution is 7.92. The summed E-state index contributed by atoms with van der Waals surface area (Å²) in [5.41, 5.74) is 6.67. The molecule has 1 aromatic heterocycles. The van der Waals surface area contributed by atoms with E-state index < -0.39 is 15.1 Å². The van der Waals surface area contributed by atoms with Gasteiger partial charge in [-0.15, -0.1) is 0 Å². The van der Waals surface area contributed by atoms with Gasteiger partial charge in [0.2, 0.25) is 0 Å². The number of hydrogen-bond acceptors (Lipinski definition) is 5. The molecule has 0 amide bonds. The molecule has 0 aliphatic carbocycles. The number of allylic oxidation sites excluding steroid dienone is 1. The van der Waals surface area contributed by atoms with E-state index in [0.29, 0.717) is 18.6 Å². The summed E-state index contributed by atoms with van der Waals surface area (Å²) >= 11 is 0. The van der Waals surface area contributed by atoms with Crippen LogP contribution < -0.4 is 0 Å². The molecule has 2 atom stereocenters. The van der Waals surface area contributed by atoms with Gasteiger partial charge in [-0.1, -0.05) is 18.6 Å². The number of aromatic nitrogens is 1. The van der Waals surface area contributed by atoms with Crippen molar-refractivity contribution in [2.75, 3.05) is 12.4 Å². The topological polar surface area (TPSA) is 76.5 Å². The van der Waals surface area contributed by atoms with Crippen LogP contribution in [0.2, 0.25) is 0 Å². The summed E-state index contributed by atoms with van der Waals surface area (Å²) in [6.45, 7) is 6.08. The number of phenols is 1. The summed E-state index contributed by atoms with van der Waals surface area (Å²) < 4.78 is 30.9. The Labute approximate surface area is 184 Å². The Kier molecular flexibility index (Phi) is 6.04. The third kappa shape index (κ3) is 4.32. The summed E-state index contributed by atoms with van der Waals surface area (Å²) in [5.74, 6) is 0.502. The summed E-state index contributed by atoms with van der Waals surface area (Å²) in [4.78, 5) is 4.54. The van der Waals surface area contributed by atoms with Gasteiger partial charge in [0.1, 0.15) is 11.0 Å². The van der Waals surface area contributed by atoms with Crippen LogP contribution in [0.5, 0.6) is 5.75 Å². The standard InChI is InChI=1S/C25H29NO4S/c1-4-19-15-31(28,29)23-14-30-22(24(19)23)9-8-20(21-7-5-6-10-26-21)13-18-11-16(2)25(27)17(3)12-18/h5-7,10-13,22-23,27H,4,8-9,14-15H2,1-3H3/b20-13-/t22-,23+/m1/s1. The van der Waals surface area contributed by atoms with Crippen LogP contribution >= 0.6 is 0 Å². The number of aromatic hydroxyl groups is 1. The molecule has 0 unspecified atom stereocenters. The van der Waals surface area contributed by atoms with E-state index in [2.05, 4.69) is 11.1 Å². The molecule has 2 aliphatic heterocycles. The minimum Gasteiger partial charge on any atom is -0.507 e. The molecule has 2 aromatic rings. The molecule has 0 bridgehead atoms. The van der Waals surface area contributed by atoms with E-state index in [-0.39, 0.29) is 18.5 Å². The Hall–Kier alpha value is -2.44. The van der Waals surface area contributed by atoms with E-state index >= 15 is 0 Å². The SMILES string of the molecule is CCC1=C2[C@@H](CC/C(=C/c3cc(C)c(O)c(C)c3)c3ccccn3)OC[C@@H]2S(=O)(=O)C1. The van der Waals surface area contributed by atoms with E-state index in [1.807, 2.05) is 51.1 Å². The fourth-order valence-corrected chi connectivity index (χ4v) is 6.75. The Balaban J connectivity index is 1.63. The van der Waals surface area contributed by atoms with E-state index in [1.165, 1.54) is 0 Å². The molecule has 1 saturated heterocycles. The number of rotatable bonds is 6. The van der Waals surface area contributed by atoms with Crippen molar-refractivity contribution in [3.63, 3.8) is 0 Å². The van der Waals surface area contributed by atoms with Crippen LogP contribution in [0.1, 0.15) is 48.6 Å². The molecule has 1 aromatic carbocycles. The van der Waals surface area contributed by atoms with Crippen LogP contribution in [-0.4, -0.2) is 42.2 Å². The molecule has 3 heterocycles. The Morgan fingerprint density at radius 2 is 2.00 bits per heavy atom. The predicted octanol–water partition coefficient (Wildman–Crippen LogP) is 4.63. The normalized spacial score (nSPS) is 22.7. The van der Waals surface area contributed by atoms with Crippen LogP contribution in [0, 0.1) is 13.8 Å². The van der Waals surface area contributed by atoms with Crippen LogP contribution in [0.4, 0.5) is 0 Å². The van der Waals surface area contributed by atoms with Crippen LogP contribution in [0.15, 0.2) is 47.7 Å². The van der Waals surface area contributed by atoms with Crippen molar-refractivity contribution in [1.29, 1.82) is 0 Å². The maximum Gasteiger partial charge on any atom is 0.163 e. The van der Waals surface area contributed by atoms with Gasteiger partial charge in [-0.2, -0.15) is 0 Å². The largest absolute Gasteiger partial charge is 0.507 e. The molecule has 5 nitrogen and oxygen atoms in total. The monoisotopic (exact) mass is 439 g/mol. The molecular formula is C25H29NO4S. The van der Waals surface area contributed by atoms with Crippen LogP contribution in [0.3, 0.4) is 0 Å². The third-order valence-electron chi connectivity index (χ3n) is 6.31. The molecular weight excluding hydrogens is 410 g/mol. The third-order valence-corrected chi connectivity index (χ3v) is 8.32. The van der Waals surface area contributed by atoms with Gasteiger partial charge >= 0.3 is 0 Å². The molecule has 2 aliphatic rings. The smallest absolute Gasteiger partial charge is 0.163 e. The number of pyridine rings is 1. The molecule has 0 spiro atoms. The second-order valence-electron chi connectivity index (χ2n) is 8.46. The molecule has 164 valence electrons. The molecule has 31 heavy (non-hydrogen) atoms. The maximum atomic E-state index is 12.5. The van der Waals surface area contributed by atoms with Crippen LogP contribution in [-0.2, 0) is 14.6 Å². The first-order valence-corrected chi connectivity index (χ1v) is 12.5. The lowest BCUT2D eigenvalue weighted by Crippen LogP contribution is -2.19. The first kappa shape index (κ1) is 21.8. The number of aryl methyl sites for hydroxylation is 2. The lowest BCUT2D eigenvalue weighted by molar-refractivity contribution is 0.118. The summed E-state index contributed by atoms with van der Waals surface area (Å²) in [6, 6.07) is 9.78. The van der Waals surface area contributed by atoms with Gasteiger partial charge in [-0.3, -0.25) is 4.98 Å². The van der Waals surface area contributed by atoms with Gasteiger partial charge in [0.05, 0.1) is 24.2 Å². The zero-order valence-electron chi connectivity index (χ0n) is 18.3. The average Bonchev–Trinajstić information content (AvgIpc) is 3.29. The number of nitrogens with zero attached hydrogens (tertiary/aromatic N) is 1. The lowest BCUT2D eigenvalue weighted by Gasteiger charge is -2.15. The van der Waals surface area contributed by atoms with Crippen molar-refractivity contribution >= 4 is 21.5 Å². The van der Waals surface area contributed by atoms with Crippen molar-refractivity contribution in [2.24, 2.45) is 0 Å². The van der Waals surface area contributed by atoms with Crippen molar-refractivity contribution in [3.05, 3.63) is 70.1 Å². The van der Waals surface area contributed by atoms with E-state index in [0.717, 1.165) is 45.5 Å². The van der Waals surface area contributed by atoms with Crippen molar-refractivity contribution in [2.45, 2.75) is 51.4 Å². The lowest BCUT2D eigenvalue weighted by atomic mass is 9.94. The number of phenolic OH excluding ortho intramolecular Hbond substituents is 1. The first-order valence-electron chi connectivity index (χ1n) is 10.8. The van der Waals surface area contributed by atoms with E-state index in [1.54, 1.807) is 6.20 Å². The zero-order valence-corrected chi connectivity index (χ0v) is 19.1. The molecule has 0 saturated carbocycles. The van der Waals surface area contributed by atoms with Crippen LogP contribution in [0.25, 0.3) is 11.6 Å². The summed E-state index contributed by atoms with van der Waals surface area (Å²) in [7, 11) is -3.12. The molecule has 1 N–H and O–H groups in total. The average molecular weight is 440 g/mol. The molecule has 6 heteroatoms. The Morgan fingerprint density at radius 3 is 2.65 bits per heavy atom. The maximum absolute atomic E-state index is 12.5. The number of benzene rings is 1. The Morgan fingerprint density at radius 1 is 1.26 bits per heavy atom. The minimum absolute atomic E-state index is 0.160. The fourth-order valence-electron chi connectivity index (χ4n) is 4.70. The predicted molar refractivity (Wildman–Crippen MR) is 124 cm³/mol. The van der Waals surface area contributed by atoms with Crippen molar-refractivity contribution in [1.82, 2.24) is 4.98 Å². The highest BCUT2D eigenvalue weighted by atomic mass is 32.2. The van der Waals surface area contributed by atoms with Gasteiger partial charge in [0.15, 0.2) is 9.84 Å². The number of hydrogen-bond donors (Lipinski definition) is 1. The fraction of sp³-hybridized carbons (Fsp3) is 0.400. The van der Waals surface area contributed by atoms with Gasteiger partial charge in [-0.25, -0.2) is 8.42 Å². The van der Waals surface area contributed by atoms with Gasteiger partial charge in [0, 0.05) is 6.20 Å². The summed E-state index contributed by atoms with van der Waals surface area (Å²) in [5, 5.41) is 9.64. The number of fused-ring (bicyclic) bond motifs is 1. The van der Waals surface area contributed by atoms with E-state index in [4.69, 9.17) is 4.74 Å². The minimum atomic E-state index is -3.12. The molecule has 0 radical (unpaired) electrons. The number of sulfone groups is 1. The van der Waals surface area contributed by atoms with Gasteiger partial charge in [0.25, 0.3) is 0 Å². The molecule has 4 rings (SSSR count). The van der Waals surface area contributed by atoms with Gasteiger partial charge < -0.3 is 9.84 Å². The second kappa shape index (κ2) is 8.60. The van der Waals surface area contributed by atoms with Crippen molar-refractivity contribution in [3.8, 4) is 5.75 Å². The summed E-state index contributed by atoms with van der Waals surface area (Å²) in [6.07, 6.45) is 5.90. The number of ether oxygens (including phenoxy) is 1. The highest BCUT2D eigenvalue weighted by Crippen LogP contribution is 2.40. The first-order chi connectivity index (χ1) is 14.8. The van der Waals surface area contributed by atoms with Gasteiger partial charge in [-0.05, 0) is 91.3 Å². The quantitative estimate of drug-likeness (QED) is 0.664. The van der Waals surface area contributed by atoms with Crippen molar-refractivity contribution < 1.29 is 18.3 Å². The van der Waals surface area contributed by atoms with E-state index in [9.17, 15) is 13.5 Å². The highest BCUT2D eigenvalue weighted by Gasteiger charge is 2.46. The zero-order chi connectivity index (χ0) is 22.2. The second-order valence-corrected chi connectivity index (χ2v) is 10.6.